The molecular formula is C27H22N2O2S. The minimum absolute atomic E-state index is 0.0506. The van der Waals surface area contributed by atoms with Gasteiger partial charge in [0.25, 0.3) is 11.8 Å². The average Bonchev–Trinajstić information content (AvgIpc) is 2.79. The number of nitrogens with zero attached hydrogens (tertiary/aromatic N) is 2. The Morgan fingerprint density at radius 3 is 2.06 bits per heavy atom. The van der Waals surface area contributed by atoms with Gasteiger partial charge < -0.3 is 0 Å². The number of hydrogen-bond acceptors (Lipinski definition) is 3. The first-order valence-electron chi connectivity index (χ1n) is 10.3. The van der Waals surface area contributed by atoms with Crippen molar-refractivity contribution in [2.45, 2.75) is 13.8 Å². The van der Waals surface area contributed by atoms with Gasteiger partial charge in [-0.15, -0.1) is 0 Å². The average molecular weight is 439 g/mol. The van der Waals surface area contributed by atoms with Crippen LogP contribution in [0.15, 0.2) is 96.6 Å². The third kappa shape index (κ3) is 4.15. The molecule has 0 unspecified atom stereocenters. The number of carbonyl (C=O) groups excluding carboxylic acids is 2. The number of para-hydroxylation sites is 1. The molecule has 0 bridgehead atoms. The lowest BCUT2D eigenvalue weighted by Crippen LogP contribution is -2.57. The molecular weight excluding hydrogens is 416 g/mol. The van der Waals surface area contributed by atoms with Gasteiger partial charge in [-0.1, -0.05) is 78.4 Å². The SMILES string of the molecule is Cc1ccc(N2C(=O)/C(=C\C=C\c3ccccc3)C(=O)N(c3ccccc3)C2=S)c(C)c1. The van der Waals surface area contributed by atoms with E-state index in [4.69, 9.17) is 12.2 Å². The summed E-state index contributed by atoms with van der Waals surface area (Å²) in [6, 6.07) is 24.6. The highest BCUT2D eigenvalue weighted by Gasteiger charge is 2.41. The molecule has 0 spiro atoms. The Kier molecular flexibility index (Phi) is 6.10. The molecule has 4 rings (SSSR count). The molecule has 0 aromatic heterocycles. The van der Waals surface area contributed by atoms with Gasteiger partial charge in [0.05, 0.1) is 11.4 Å². The number of amides is 2. The molecule has 1 fully saturated rings. The van der Waals surface area contributed by atoms with Crippen LogP contribution < -0.4 is 9.80 Å². The third-order valence-corrected chi connectivity index (χ3v) is 5.57. The molecule has 1 heterocycles. The van der Waals surface area contributed by atoms with Gasteiger partial charge in [0.15, 0.2) is 5.11 Å². The second-order valence-electron chi connectivity index (χ2n) is 7.54. The van der Waals surface area contributed by atoms with Crippen LogP contribution in [0, 0.1) is 13.8 Å². The van der Waals surface area contributed by atoms with Gasteiger partial charge in [-0.05, 0) is 61.5 Å². The largest absolute Gasteiger partial charge is 0.270 e. The molecule has 1 saturated heterocycles. The van der Waals surface area contributed by atoms with Crippen molar-refractivity contribution in [1.82, 2.24) is 0 Å². The molecule has 0 atom stereocenters. The summed E-state index contributed by atoms with van der Waals surface area (Å²) in [5.41, 5.74) is 4.29. The van der Waals surface area contributed by atoms with Crippen molar-refractivity contribution in [2.24, 2.45) is 0 Å². The minimum Gasteiger partial charge on any atom is -0.268 e. The van der Waals surface area contributed by atoms with E-state index in [0.717, 1.165) is 16.7 Å². The number of carbonyl (C=O) groups is 2. The topological polar surface area (TPSA) is 40.6 Å². The molecule has 32 heavy (non-hydrogen) atoms. The van der Waals surface area contributed by atoms with Crippen molar-refractivity contribution in [3.05, 3.63) is 113 Å². The van der Waals surface area contributed by atoms with Crippen LogP contribution in [-0.4, -0.2) is 16.9 Å². The molecule has 0 aliphatic carbocycles. The van der Waals surface area contributed by atoms with Crippen molar-refractivity contribution >= 4 is 46.6 Å². The van der Waals surface area contributed by atoms with Crippen LogP contribution in [0.1, 0.15) is 16.7 Å². The molecule has 0 radical (unpaired) electrons. The number of benzene rings is 3. The van der Waals surface area contributed by atoms with Crippen LogP contribution in [0.4, 0.5) is 11.4 Å². The van der Waals surface area contributed by atoms with Crippen molar-refractivity contribution in [1.29, 1.82) is 0 Å². The Labute approximate surface area is 193 Å². The molecule has 0 N–H and O–H groups in total. The zero-order valence-electron chi connectivity index (χ0n) is 17.9. The fourth-order valence-corrected chi connectivity index (χ4v) is 4.01. The monoisotopic (exact) mass is 438 g/mol. The predicted molar refractivity (Wildman–Crippen MR) is 133 cm³/mol. The molecule has 1 aliphatic heterocycles. The summed E-state index contributed by atoms with van der Waals surface area (Å²) in [6.45, 7) is 3.92. The van der Waals surface area contributed by atoms with Crippen molar-refractivity contribution in [3.63, 3.8) is 0 Å². The maximum atomic E-state index is 13.5. The lowest BCUT2D eigenvalue weighted by atomic mass is 10.1. The van der Waals surface area contributed by atoms with Crippen LogP contribution in [0.3, 0.4) is 0 Å². The van der Waals surface area contributed by atoms with E-state index in [1.165, 1.54) is 9.80 Å². The quantitative estimate of drug-likeness (QED) is 0.302. The number of rotatable bonds is 4. The lowest BCUT2D eigenvalue weighted by molar-refractivity contribution is -0.120. The standard InChI is InChI=1S/C27H22N2O2S/c1-19-16-17-24(20(2)18-19)29-26(31)23(15-9-12-21-10-5-3-6-11-21)25(30)28(27(29)32)22-13-7-4-8-14-22/h3-18H,1-2H3/b12-9+,23-15-. The third-order valence-electron chi connectivity index (χ3n) is 5.21. The zero-order chi connectivity index (χ0) is 22.7. The van der Waals surface area contributed by atoms with E-state index in [9.17, 15) is 9.59 Å². The molecule has 158 valence electrons. The predicted octanol–water partition coefficient (Wildman–Crippen LogP) is 5.61. The van der Waals surface area contributed by atoms with Gasteiger partial charge in [0, 0.05) is 0 Å². The summed E-state index contributed by atoms with van der Waals surface area (Å²) in [5.74, 6) is -0.873. The molecule has 0 saturated carbocycles. The number of anilines is 2. The number of aryl methyl sites for hydroxylation is 2. The highest BCUT2D eigenvalue weighted by atomic mass is 32.1. The number of allylic oxidation sites excluding steroid dienone is 2. The van der Waals surface area contributed by atoms with Gasteiger partial charge in [0.1, 0.15) is 5.57 Å². The van der Waals surface area contributed by atoms with Crippen LogP contribution in [-0.2, 0) is 9.59 Å². The Bertz CT molecular complexity index is 1250. The van der Waals surface area contributed by atoms with Crippen molar-refractivity contribution in [2.75, 3.05) is 9.80 Å². The van der Waals surface area contributed by atoms with Crippen LogP contribution in [0.5, 0.6) is 0 Å². The summed E-state index contributed by atoms with van der Waals surface area (Å²) < 4.78 is 0. The van der Waals surface area contributed by atoms with Gasteiger partial charge in [-0.25, -0.2) is 0 Å². The second-order valence-corrected chi connectivity index (χ2v) is 7.90. The Morgan fingerprint density at radius 2 is 1.41 bits per heavy atom. The molecule has 4 nitrogen and oxygen atoms in total. The van der Waals surface area contributed by atoms with E-state index in [2.05, 4.69) is 0 Å². The van der Waals surface area contributed by atoms with Crippen molar-refractivity contribution in [3.8, 4) is 0 Å². The van der Waals surface area contributed by atoms with E-state index in [1.807, 2.05) is 86.7 Å². The first kappa shape index (κ1) is 21.4. The minimum atomic E-state index is -0.440. The van der Waals surface area contributed by atoms with E-state index in [0.29, 0.717) is 11.4 Å². The first-order valence-corrected chi connectivity index (χ1v) is 10.7. The second kappa shape index (κ2) is 9.12. The van der Waals surface area contributed by atoms with Gasteiger partial charge in [-0.2, -0.15) is 0 Å². The summed E-state index contributed by atoms with van der Waals surface area (Å²) in [7, 11) is 0. The Balaban J connectivity index is 1.81. The van der Waals surface area contributed by atoms with E-state index >= 15 is 0 Å². The number of hydrogen-bond donors (Lipinski definition) is 0. The Morgan fingerprint density at radius 1 is 0.781 bits per heavy atom. The maximum absolute atomic E-state index is 13.5. The fraction of sp³-hybridized carbons (Fsp3) is 0.0741. The summed E-state index contributed by atoms with van der Waals surface area (Å²) in [4.78, 5) is 29.7. The van der Waals surface area contributed by atoms with Gasteiger partial charge in [-0.3, -0.25) is 19.4 Å². The molecule has 2 amide bonds. The van der Waals surface area contributed by atoms with Crippen LogP contribution in [0.25, 0.3) is 6.08 Å². The van der Waals surface area contributed by atoms with Crippen molar-refractivity contribution < 1.29 is 9.59 Å². The van der Waals surface area contributed by atoms with Crippen LogP contribution >= 0.6 is 12.2 Å². The fourth-order valence-electron chi connectivity index (χ4n) is 3.64. The highest BCUT2D eigenvalue weighted by Crippen LogP contribution is 2.31. The maximum Gasteiger partial charge on any atom is 0.270 e. The molecule has 3 aromatic rings. The molecule has 5 heteroatoms. The summed E-state index contributed by atoms with van der Waals surface area (Å²) in [6.07, 6.45) is 5.14. The van der Waals surface area contributed by atoms with Crippen LogP contribution in [0.2, 0.25) is 0 Å². The van der Waals surface area contributed by atoms with E-state index in [-0.39, 0.29) is 10.7 Å². The summed E-state index contributed by atoms with van der Waals surface area (Å²) >= 11 is 5.67. The summed E-state index contributed by atoms with van der Waals surface area (Å²) in [5, 5.41) is 0.141. The lowest BCUT2D eigenvalue weighted by Gasteiger charge is -2.37. The first-order chi connectivity index (χ1) is 15.5. The van der Waals surface area contributed by atoms with E-state index < -0.39 is 11.8 Å². The van der Waals surface area contributed by atoms with Gasteiger partial charge >= 0.3 is 0 Å². The zero-order valence-corrected chi connectivity index (χ0v) is 18.7. The van der Waals surface area contributed by atoms with Gasteiger partial charge in [0.2, 0.25) is 0 Å². The molecule has 1 aliphatic rings. The normalized spacial score (nSPS) is 15.8. The smallest absolute Gasteiger partial charge is 0.268 e. The highest BCUT2D eigenvalue weighted by molar-refractivity contribution is 7.81. The number of thiocarbonyl (C=S) groups is 1. The molecule has 3 aromatic carbocycles. The Hall–Kier alpha value is -3.83. The van der Waals surface area contributed by atoms with E-state index in [1.54, 1.807) is 24.3 Å².